The summed E-state index contributed by atoms with van der Waals surface area (Å²) >= 11 is 0. The van der Waals surface area contributed by atoms with Crippen molar-refractivity contribution in [1.29, 1.82) is 0 Å². The molecule has 0 N–H and O–H groups in total. The zero-order chi connectivity index (χ0) is 38.8. The molecule has 0 saturated carbocycles. The molecule has 0 atom stereocenters. The van der Waals surface area contributed by atoms with E-state index >= 15 is 0 Å². The molecule has 0 amide bonds. The number of fused-ring (bicyclic) bond motifs is 9. The maximum absolute atomic E-state index is 2.41. The Kier molecular flexibility index (Phi) is 7.91. The molecule has 58 heavy (non-hydrogen) atoms. The summed E-state index contributed by atoms with van der Waals surface area (Å²) in [6, 6.07) is 78.0. The van der Waals surface area contributed by atoms with Crippen molar-refractivity contribution in [2.45, 2.75) is 19.3 Å². The van der Waals surface area contributed by atoms with E-state index in [0.29, 0.717) is 0 Å². The minimum Gasteiger partial charge on any atom is -0.310 e. The smallest absolute Gasteiger partial charge is 0.0465 e. The van der Waals surface area contributed by atoms with Crippen molar-refractivity contribution >= 4 is 49.4 Å². The van der Waals surface area contributed by atoms with E-state index < -0.39 is 0 Å². The monoisotopic (exact) mass is 739 g/mol. The van der Waals surface area contributed by atoms with Gasteiger partial charge in [0.2, 0.25) is 0 Å². The van der Waals surface area contributed by atoms with Crippen molar-refractivity contribution < 1.29 is 0 Å². The Hall–Kier alpha value is -7.22. The van der Waals surface area contributed by atoms with Crippen LogP contribution in [0, 0.1) is 0 Å². The zero-order valence-corrected chi connectivity index (χ0v) is 32.7. The average Bonchev–Trinajstić information content (AvgIpc) is 3.52. The number of nitrogens with zero attached hydrogens (tertiary/aromatic N) is 1. The summed E-state index contributed by atoms with van der Waals surface area (Å²) in [6.45, 7) is 4.70. The van der Waals surface area contributed by atoms with Gasteiger partial charge in [-0.25, -0.2) is 0 Å². The van der Waals surface area contributed by atoms with E-state index in [1.165, 1.54) is 88.0 Å². The highest BCUT2D eigenvalue weighted by molar-refractivity contribution is 6.28. The van der Waals surface area contributed by atoms with Crippen LogP contribution in [0.1, 0.15) is 25.0 Å². The Morgan fingerprint density at radius 3 is 1.33 bits per heavy atom. The van der Waals surface area contributed by atoms with Gasteiger partial charge >= 0.3 is 0 Å². The van der Waals surface area contributed by atoms with Gasteiger partial charge in [-0.15, -0.1) is 0 Å². The lowest BCUT2D eigenvalue weighted by Crippen LogP contribution is -2.16. The van der Waals surface area contributed by atoms with Gasteiger partial charge in [0, 0.05) is 22.5 Å². The minimum absolute atomic E-state index is 0.0896. The normalized spacial score (nSPS) is 12.8. The standard InChI is InChI=1S/C57H41N/c1-57(2)54-22-11-10-18-50(54)51-36-35-45(37-55(51)57)58(43-31-27-40(28-32-43)38-13-4-3-5-14-38)44-33-29-41(30-34-44)39-23-25-42(26-24-39)46-20-12-21-53-49-16-7-6-15-47(49)48-17-8-9-19-52(48)56(46)53/h3-37H,1-2H3. The van der Waals surface area contributed by atoms with E-state index in [9.17, 15) is 0 Å². The Morgan fingerprint density at radius 1 is 0.293 bits per heavy atom. The maximum Gasteiger partial charge on any atom is 0.0465 e. The van der Waals surface area contributed by atoms with Crippen molar-refractivity contribution in [2.24, 2.45) is 0 Å². The Morgan fingerprint density at radius 2 is 0.707 bits per heavy atom. The van der Waals surface area contributed by atoms with Crippen molar-refractivity contribution in [3.05, 3.63) is 223 Å². The predicted molar refractivity (Wildman–Crippen MR) is 248 cm³/mol. The third kappa shape index (κ3) is 5.46. The fourth-order valence-corrected chi connectivity index (χ4v) is 9.55. The zero-order valence-electron chi connectivity index (χ0n) is 32.7. The summed E-state index contributed by atoms with van der Waals surface area (Å²) < 4.78 is 0. The summed E-state index contributed by atoms with van der Waals surface area (Å²) in [7, 11) is 0. The van der Waals surface area contributed by atoms with Gasteiger partial charge in [-0.05, 0) is 124 Å². The first kappa shape index (κ1) is 34.1. The molecule has 274 valence electrons. The first-order valence-corrected chi connectivity index (χ1v) is 20.3. The predicted octanol–water partition coefficient (Wildman–Crippen LogP) is 15.9. The first-order chi connectivity index (χ1) is 28.5. The molecule has 0 fully saturated rings. The molecular formula is C57H41N. The SMILES string of the molecule is CC1(C)c2ccccc2-c2ccc(N(c3ccc(-c4ccccc4)cc3)c3ccc(-c4ccc(-c5cccc6c7ccccc7c7ccccc7c56)cc4)cc3)cc21. The van der Waals surface area contributed by atoms with E-state index in [-0.39, 0.29) is 5.41 Å². The van der Waals surface area contributed by atoms with E-state index in [4.69, 9.17) is 0 Å². The van der Waals surface area contributed by atoms with Crippen LogP contribution in [-0.2, 0) is 5.41 Å². The average molecular weight is 740 g/mol. The van der Waals surface area contributed by atoms with Crippen molar-refractivity contribution in [3.63, 3.8) is 0 Å². The Labute approximate surface area is 340 Å². The van der Waals surface area contributed by atoms with Crippen LogP contribution >= 0.6 is 0 Å². The second-order valence-electron chi connectivity index (χ2n) is 16.1. The topological polar surface area (TPSA) is 3.24 Å². The van der Waals surface area contributed by atoms with Crippen LogP contribution in [0.3, 0.4) is 0 Å². The number of benzene rings is 10. The van der Waals surface area contributed by atoms with Gasteiger partial charge in [0.15, 0.2) is 0 Å². The van der Waals surface area contributed by atoms with Crippen molar-refractivity contribution in [2.75, 3.05) is 4.90 Å². The molecule has 10 aromatic carbocycles. The van der Waals surface area contributed by atoms with Crippen LogP contribution in [0.5, 0.6) is 0 Å². The molecule has 10 aromatic rings. The second-order valence-corrected chi connectivity index (χ2v) is 16.1. The summed E-state index contributed by atoms with van der Waals surface area (Å²) in [6.07, 6.45) is 0. The number of rotatable bonds is 6. The van der Waals surface area contributed by atoms with Crippen LogP contribution < -0.4 is 4.90 Å². The van der Waals surface area contributed by atoms with Crippen molar-refractivity contribution in [3.8, 4) is 44.5 Å². The molecule has 1 aliphatic rings. The highest BCUT2D eigenvalue weighted by Crippen LogP contribution is 2.51. The Balaban J connectivity index is 0.969. The molecule has 0 radical (unpaired) electrons. The fourth-order valence-electron chi connectivity index (χ4n) is 9.55. The lowest BCUT2D eigenvalue weighted by atomic mass is 9.82. The quantitative estimate of drug-likeness (QED) is 0.154. The second kappa shape index (κ2) is 13.5. The number of hydrogen-bond donors (Lipinski definition) is 0. The molecule has 0 heterocycles. The van der Waals surface area contributed by atoms with E-state index in [1.807, 2.05) is 0 Å². The van der Waals surface area contributed by atoms with E-state index in [2.05, 4.69) is 231 Å². The molecule has 0 aliphatic heterocycles. The summed E-state index contributed by atoms with van der Waals surface area (Å²) in [5, 5.41) is 7.79. The highest BCUT2D eigenvalue weighted by atomic mass is 15.1. The third-order valence-corrected chi connectivity index (χ3v) is 12.5. The van der Waals surface area contributed by atoms with Gasteiger partial charge in [0.25, 0.3) is 0 Å². The molecule has 0 bridgehead atoms. The molecule has 1 aliphatic carbocycles. The summed E-state index contributed by atoms with van der Waals surface area (Å²) in [4.78, 5) is 2.40. The van der Waals surface area contributed by atoms with Gasteiger partial charge in [0.1, 0.15) is 0 Å². The lowest BCUT2D eigenvalue weighted by Gasteiger charge is -2.28. The van der Waals surface area contributed by atoms with Crippen LogP contribution in [0.4, 0.5) is 17.1 Å². The molecule has 0 saturated heterocycles. The van der Waals surface area contributed by atoms with Crippen molar-refractivity contribution in [1.82, 2.24) is 0 Å². The molecule has 0 aromatic heterocycles. The van der Waals surface area contributed by atoms with Gasteiger partial charge < -0.3 is 4.90 Å². The fraction of sp³-hybridized carbons (Fsp3) is 0.0526. The van der Waals surface area contributed by atoms with Crippen LogP contribution in [0.2, 0.25) is 0 Å². The maximum atomic E-state index is 2.41. The number of anilines is 3. The highest BCUT2D eigenvalue weighted by Gasteiger charge is 2.35. The summed E-state index contributed by atoms with van der Waals surface area (Å²) in [5.41, 5.74) is 16.0. The van der Waals surface area contributed by atoms with Gasteiger partial charge in [-0.3, -0.25) is 0 Å². The van der Waals surface area contributed by atoms with Gasteiger partial charge in [-0.1, -0.05) is 190 Å². The van der Waals surface area contributed by atoms with Gasteiger partial charge in [0.05, 0.1) is 0 Å². The van der Waals surface area contributed by atoms with Crippen LogP contribution in [-0.4, -0.2) is 0 Å². The van der Waals surface area contributed by atoms with Gasteiger partial charge in [-0.2, -0.15) is 0 Å². The van der Waals surface area contributed by atoms with E-state index in [0.717, 1.165) is 17.1 Å². The molecular weight excluding hydrogens is 699 g/mol. The summed E-state index contributed by atoms with van der Waals surface area (Å²) in [5.74, 6) is 0. The molecule has 1 nitrogen and oxygen atoms in total. The van der Waals surface area contributed by atoms with E-state index in [1.54, 1.807) is 0 Å². The third-order valence-electron chi connectivity index (χ3n) is 12.5. The largest absolute Gasteiger partial charge is 0.310 e. The Bertz CT molecular complexity index is 3110. The van der Waals surface area contributed by atoms with Crippen LogP contribution in [0.25, 0.3) is 76.8 Å². The number of hydrogen-bond acceptors (Lipinski definition) is 1. The lowest BCUT2D eigenvalue weighted by molar-refractivity contribution is 0.660. The molecule has 1 heteroatoms. The minimum atomic E-state index is -0.0896. The molecule has 0 spiro atoms. The molecule has 11 rings (SSSR count). The van der Waals surface area contributed by atoms with Crippen LogP contribution in [0.15, 0.2) is 212 Å². The molecule has 0 unspecified atom stereocenters. The first-order valence-electron chi connectivity index (χ1n) is 20.3.